The molecule has 1 aliphatic heterocycles. The molecule has 1 saturated heterocycles. The highest BCUT2D eigenvalue weighted by Gasteiger charge is 2.28. The van der Waals surface area contributed by atoms with Gasteiger partial charge in [0.15, 0.2) is 5.82 Å². The zero-order chi connectivity index (χ0) is 13.8. The number of amides is 1. The van der Waals surface area contributed by atoms with E-state index < -0.39 is 0 Å². The lowest BCUT2D eigenvalue weighted by Gasteiger charge is -2.32. The van der Waals surface area contributed by atoms with Crippen molar-refractivity contribution in [2.45, 2.75) is 19.0 Å². The molecule has 7 heteroatoms. The number of tetrazole rings is 1. The largest absolute Gasteiger partial charge is 0.332 e. The maximum atomic E-state index is 12.4. The van der Waals surface area contributed by atoms with Crippen LogP contribution < -0.4 is 5.32 Å². The summed E-state index contributed by atoms with van der Waals surface area (Å²) in [6, 6.07) is 9.83. The fraction of sp³-hybridized carbons (Fsp3) is 0.385. The van der Waals surface area contributed by atoms with Gasteiger partial charge in [-0.25, -0.2) is 0 Å². The summed E-state index contributed by atoms with van der Waals surface area (Å²) in [7, 11) is 0. The van der Waals surface area contributed by atoms with Gasteiger partial charge in [-0.1, -0.05) is 35.5 Å². The van der Waals surface area contributed by atoms with E-state index in [0.29, 0.717) is 25.3 Å². The Hall–Kier alpha value is -2.28. The first-order valence-corrected chi connectivity index (χ1v) is 6.61. The molecule has 0 bridgehead atoms. The molecule has 0 radical (unpaired) electrons. The Balaban J connectivity index is 1.66. The van der Waals surface area contributed by atoms with Gasteiger partial charge in [-0.3, -0.25) is 4.79 Å². The van der Waals surface area contributed by atoms with Gasteiger partial charge in [0.1, 0.15) is 0 Å². The van der Waals surface area contributed by atoms with E-state index in [1.54, 1.807) is 4.90 Å². The molecule has 1 aliphatic rings. The Kier molecular flexibility index (Phi) is 3.69. The van der Waals surface area contributed by atoms with Crippen molar-refractivity contribution in [2.75, 3.05) is 13.1 Å². The maximum absolute atomic E-state index is 12.4. The van der Waals surface area contributed by atoms with Gasteiger partial charge in [0.05, 0.1) is 12.6 Å². The van der Waals surface area contributed by atoms with Crippen molar-refractivity contribution in [3.63, 3.8) is 0 Å². The van der Waals surface area contributed by atoms with E-state index in [0.717, 1.165) is 12.1 Å². The first-order valence-electron chi connectivity index (χ1n) is 6.61. The predicted octanol–water partition coefficient (Wildman–Crippen LogP) is -0.257. The fourth-order valence-electron chi connectivity index (χ4n) is 2.38. The summed E-state index contributed by atoms with van der Waals surface area (Å²) < 4.78 is 0. The van der Waals surface area contributed by atoms with E-state index in [2.05, 4.69) is 25.9 Å². The molecule has 1 aromatic heterocycles. The van der Waals surface area contributed by atoms with Crippen LogP contribution >= 0.6 is 0 Å². The average Bonchev–Trinajstić information content (AvgIpc) is 2.97. The molecule has 1 unspecified atom stereocenters. The number of nitrogens with zero attached hydrogens (tertiary/aromatic N) is 4. The average molecular weight is 272 g/mol. The summed E-state index contributed by atoms with van der Waals surface area (Å²) in [5, 5.41) is 17.0. The highest BCUT2D eigenvalue weighted by molar-refractivity contribution is 5.82. The lowest BCUT2D eigenvalue weighted by Crippen LogP contribution is -2.55. The second-order valence-corrected chi connectivity index (χ2v) is 4.78. The van der Waals surface area contributed by atoms with Crippen molar-refractivity contribution < 1.29 is 4.79 Å². The Morgan fingerprint density at radius 1 is 1.30 bits per heavy atom. The molecule has 1 aromatic carbocycles. The standard InChI is InChI=1S/C13H16N6O/c20-13-11(8-10-4-2-1-3-5-10)14-6-7-19(13)9-12-15-17-18-16-12/h1-5,11,14H,6-9H2,(H,15,16,17,18). The summed E-state index contributed by atoms with van der Waals surface area (Å²) in [6.07, 6.45) is 0.697. The molecular formula is C13H16N6O. The Morgan fingerprint density at radius 3 is 2.90 bits per heavy atom. The number of aromatic nitrogens is 4. The molecule has 2 heterocycles. The van der Waals surface area contributed by atoms with Crippen LogP contribution in [0.4, 0.5) is 0 Å². The van der Waals surface area contributed by atoms with Crippen molar-refractivity contribution >= 4 is 5.91 Å². The maximum Gasteiger partial charge on any atom is 0.240 e. The SMILES string of the molecule is O=C1C(Cc2ccccc2)NCCN1Cc1nn[nH]n1. The third-order valence-corrected chi connectivity index (χ3v) is 3.39. The third kappa shape index (κ3) is 2.83. The molecule has 3 rings (SSSR count). The minimum absolute atomic E-state index is 0.0879. The van der Waals surface area contributed by atoms with E-state index in [-0.39, 0.29) is 11.9 Å². The normalized spacial score (nSPS) is 19.3. The summed E-state index contributed by atoms with van der Waals surface area (Å²) in [6.45, 7) is 1.85. The van der Waals surface area contributed by atoms with Crippen molar-refractivity contribution in [3.05, 3.63) is 41.7 Å². The summed E-state index contributed by atoms with van der Waals surface area (Å²) >= 11 is 0. The fourth-order valence-corrected chi connectivity index (χ4v) is 2.38. The number of benzene rings is 1. The van der Waals surface area contributed by atoms with Gasteiger partial charge in [0, 0.05) is 13.1 Å². The molecule has 0 spiro atoms. The highest BCUT2D eigenvalue weighted by atomic mass is 16.2. The topological polar surface area (TPSA) is 86.8 Å². The van der Waals surface area contributed by atoms with E-state index in [9.17, 15) is 4.79 Å². The Bertz CT molecular complexity index is 556. The number of carbonyl (C=O) groups is 1. The minimum Gasteiger partial charge on any atom is -0.332 e. The number of nitrogens with one attached hydrogen (secondary N) is 2. The molecule has 1 atom stereocenters. The van der Waals surface area contributed by atoms with Crippen molar-refractivity contribution in [2.24, 2.45) is 0 Å². The number of H-pyrrole nitrogens is 1. The van der Waals surface area contributed by atoms with Crippen LogP contribution in [0.15, 0.2) is 30.3 Å². The van der Waals surface area contributed by atoms with Crippen LogP contribution in [0.5, 0.6) is 0 Å². The Morgan fingerprint density at radius 2 is 2.15 bits per heavy atom. The van der Waals surface area contributed by atoms with Crippen molar-refractivity contribution in [1.82, 2.24) is 30.8 Å². The van der Waals surface area contributed by atoms with Gasteiger partial charge >= 0.3 is 0 Å². The molecule has 1 fully saturated rings. The molecule has 1 amide bonds. The van der Waals surface area contributed by atoms with Gasteiger partial charge < -0.3 is 10.2 Å². The smallest absolute Gasteiger partial charge is 0.240 e. The van der Waals surface area contributed by atoms with Crippen molar-refractivity contribution in [3.8, 4) is 0 Å². The van der Waals surface area contributed by atoms with Gasteiger partial charge in [0.2, 0.25) is 5.91 Å². The van der Waals surface area contributed by atoms with E-state index in [1.807, 2.05) is 30.3 Å². The quantitative estimate of drug-likeness (QED) is 0.801. The monoisotopic (exact) mass is 272 g/mol. The third-order valence-electron chi connectivity index (χ3n) is 3.39. The number of hydrogen-bond acceptors (Lipinski definition) is 5. The van der Waals surface area contributed by atoms with Crippen LogP contribution in [-0.2, 0) is 17.8 Å². The van der Waals surface area contributed by atoms with Crippen LogP contribution in [0, 0.1) is 0 Å². The molecule has 7 nitrogen and oxygen atoms in total. The first kappa shape index (κ1) is 12.7. The number of hydrogen-bond donors (Lipinski definition) is 2. The number of piperazine rings is 1. The van der Waals surface area contributed by atoms with E-state index in [1.165, 1.54) is 0 Å². The molecule has 104 valence electrons. The first-order chi connectivity index (χ1) is 9.83. The van der Waals surface area contributed by atoms with Crippen LogP contribution in [0.3, 0.4) is 0 Å². The molecule has 2 N–H and O–H groups in total. The molecule has 20 heavy (non-hydrogen) atoms. The lowest BCUT2D eigenvalue weighted by molar-refractivity contribution is -0.136. The summed E-state index contributed by atoms with van der Waals surface area (Å²) in [5.41, 5.74) is 1.15. The van der Waals surface area contributed by atoms with Crippen LogP contribution in [0.1, 0.15) is 11.4 Å². The van der Waals surface area contributed by atoms with Gasteiger partial charge in [-0.2, -0.15) is 5.21 Å². The van der Waals surface area contributed by atoms with Gasteiger partial charge in [0.25, 0.3) is 0 Å². The number of carbonyl (C=O) groups excluding carboxylic acids is 1. The second-order valence-electron chi connectivity index (χ2n) is 4.78. The molecule has 0 aliphatic carbocycles. The molecule has 0 saturated carbocycles. The van der Waals surface area contributed by atoms with Crippen molar-refractivity contribution in [1.29, 1.82) is 0 Å². The number of aromatic amines is 1. The zero-order valence-electron chi connectivity index (χ0n) is 11.0. The molecular weight excluding hydrogens is 256 g/mol. The van der Waals surface area contributed by atoms with E-state index in [4.69, 9.17) is 0 Å². The zero-order valence-corrected chi connectivity index (χ0v) is 11.0. The highest BCUT2D eigenvalue weighted by Crippen LogP contribution is 2.10. The number of rotatable bonds is 4. The summed E-state index contributed by atoms with van der Waals surface area (Å²) in [5.74, 6) is 0.628. The van der Waals surface area contributed by atoms with E-state index >= 15 is 0 Å². The molecule has 2 aromatic rings. The van der Waals surface area contributed by atoms with Crippen LogP contribution in [-0.4, -0.2) is 50.6 Å². The minimum atomic E-state index is -0.182. The second kappa shape index (κ2) is 5.79. The van der Waals surface area contributed by atoms with Gasteiger partial charge in [-0.15, -0.1) is 10.2 Å². The lowest BCUT2D eigenvalue weighted by atomic mass is 10.0. The van der Waals surface area contributed by atoms with Crippen LogP contribution in [0.2, 0.25) is 0 Å². The Labute approximate surface area is 116 Å². The van der Waals surface area contributed by atoms with Gasteiger partial charge in [-0.05, 0) is 12.0 Å². The summed E-state index contributed by atoms with van der Waals surface area (Å²) in [4.78, 5) is 14.2. The predicted molar refractivity (Wildman–Crippen MR) is 71.5 cm³/mol. The van der Waals surface area contributed by atoms with Crippen LogP contribution in [0.25, 0.3) is 0 Å².